The van der Waals surface area contributed by atoms with Crippen molar-refractivity contribution in [1.29, 1.82) is 0 Å². The lowest BCUT2D eigenvalue weighted by molar-refractivity contribution is 0.594. The summed E-state index contributed by atoms with van der Waals surface area (Å²) in [6.45, 7) is 6.55. The Kier molecular flexibility index (Phi) is 6.56. The summed E-state index contributed by atoms with van der Waals surface area (Å²) in [6.07, 6.45) is 8.43. The SMILES string of the molecule is CCCCCCC(C)Nc1cnc(Br)c(C)c1. The van der Waals surface area contributed by atoms with Crippen molar-refractivity contribution in [3.05, 3.63) is 22.4 Å². The predicted molar refractivity (Wildman–Crippen MR) is 78.5 cm³/mol. The minimum absolute atomic E-state index is 0.522. The Hall–Kier alpha value is -0.570. The van der Waals surface area contributed by atoms with E-state index in [1.54, 1.807) is 0 Å². The molecular formula is C14H23BrN2. The number of pyridine rings is 1. The molecular weight excluding hydrogens is 276 g/mol. The van der Waals surface area contributed by atoms with Gasteiger partial charge in [-0.15, -0.1) is 0 Å². The van der Waals surface area contributed by atoms with Gasteiger partial charge in [0, 0.05) is 6.04 Å². The third-order valence-electron chi connectivity index (χ3n) is 2.92. The normalized spacial score (nSPS) is 12.5. The summed E-state index contributed by atoms with van der Waals surface area (Å²) in [6, 6.07) is 2.66. The maximum atomic E-state index is 4.30. The Morgan fingerprint density at radius 1 is 1.35 bits per heavy atom. The van der Waals surface area contributed by atoms with Crippen LogP contribution in [0, 0.1) is 6.92 Å². The van der Waals surface area contributed by atoms with E-state index >= 15 is 0 Å². The molecule has 0 bridgehead atoms. The van der Waals surface area contributed by atoms with Crippen LogP contribution in [0.25, 0.3) is 0 Å². The van der Waals surface area contributed by atoms with Gasteiger partial charge < -0.3 is 5.32 Å². The van der Waals surface area contributed by atoms with Crippen molar-refractivity contribution in [3.63, 3.8) is 0 Å². The summed E-state index contributed by atoms with van der Waals surface area (Å²) < 4.78 is 0.929. The fourth-order valence-corrected chi connectivity index (χ4v) is 2.09. The minimum atomic E-state index is 0.522. The number of rotatable bonds is 7. The molecule has 0 fully saturated rings. The van der Waals surface area contributed by atoms with Gasteiger partial charge in [0.05, 0.1) is 11.9 Å². The van der Waals surface area contributed by atoms with Crippen LogP contribution in [0.5, 0.6) is 0 Å². The molecule has 0 saturated carbocycles. The molecule has 0 radical (unpaired) electrons. The quantitative estimate of drug-likeness (QED) is 0.571. The molecule has 0 aromatic carbocycles. The van der Waals surface area contributed by atoms with Crippen molar-refractivity contribution >= 4 is 21.6 Å². The largest absolute Gasteiger partial charge is 0.381 e. The molecule has 1 atom stereocenters. The average Bonchev–Trinajstić information content (AvgIpc) is 2.30. The number of aryl methyl sites for hydroxylation is 1. The van der Waals surface area contributed by atoms with E-state index < -0.39 is 0 Å². The molecule has 1 rings (SSSR count). The maximum Gasteiger partial charge on any atom is 0.109 e. The first-order valence-corrected chi connectivity index (χ1v) is 7.31. The van der Waals surface area contributed by atoms with Crippen LogP contribution in [0.2, 0.25) is 0 Å². The molecule has 0 aliphatic rings. The summed E-state index contributed by atoms with van der Waals surface area (Å²) in [5.41, 5.74) is 2.29. The van der Waals surface area contributed by atoms with E-state index in [0.29, 0.717) is 6.04 Å². The number of nitrogens with one attached hydrogen (secondary N) is 1. The molecule has 1 aromatic rings. The average molecular weight is 299 g/mol. The number of unbranched alkanes of at least 4 members (excludes halogenated alkanes) is 3. The molecule has 1 aromatic heterocycles. The van der Waals surface area contributed by atoms with Crippen LogP contribution in [0.1, 0.15) is 51.5 Å². The summed E-state index contributed by atoms with van der Waals surface area (Å²) >= 11 is 3.42. The molecule has 1 unspecified atom stereocenters. The van der Waals surface area contributed by atoms with Gasteiger partial charge in [-0.25, -0.2) is 4.98 Å². The first kappa shape index (κ1) is 14.5. The van der Waals surface area contributed by atoms with E-state index in [2.05, 4.69) is 53.1 Å². The van der Waals surface area contributed by atoms with Crippen LogP contribution in [-0.4, -0.2) is 11.0 Å². The number of hydrogen-bond acceptors (Lipinski definition) is 2. The standard InChI is InChI=1S/C14H23BrN2/c1-4-5-6-7-8-12(3)17-13-9-11(2)14(15)16-10-13/h9-10,12,17H,4-8H2,1-3H3. The fourth-order valence-electron chi connectivity index (χ4n) is 1.87. The second-order valence-corrected chi connectivity index (χ2v) is 5.48. The molecule has 3 heteroatoms. The molecule has 0 spiro atoms. The zero-order chi connectivity index (χ0) is 12.7. The van der Waals surface area contributed by atoms with E-state index in [1.807, 2.05) is 6.20 Å². The Labute approximate surface area is 113 Å². The van der Waals surface area contributed by atoms with Crippen molar-refractivity contribution in [3.8, 4) is 0 Å². The number of nitrogens with zero attached hydrogens (tertiary/aromatic N) is 1. The summed E-state index contributed by atoms with van der Waals surface area (Å²) in [7, 11) is 0. The highest BCUT2D eigenvalue weighted by Gasteiger charge is 2.03. The maximum absolute atomic E-state index is 4.30. The van der Waals surface area contributed by atoms with Crippen LogP contribution in [0.15, 0.2) is 16.9 Å². The zero-order valence-electron chi connectivity index (χ0n) is 11.1. The molecule has 1 heterocycles. The molecule has 0 amide bonds. The van der Waals surface area contributed by atoms with Crippen LogP contribution in [0.3, 0.4) is 0 Å². The highest BCUT2D eigenvalue weighted by molar-refractivity contribution is 9.10. The second-order valence-electron chi connectivity index (χ2n) is 4.73. The highest BCUT2D eigenvalue weighted by Crippen LogP contribution is 2.18. The van der Waals surface area contributed by atoms with Crippen molar-refractivity contribution in [2.24, 2.45) is 0 Å². The Bertz CT molecular complexity index is 339. The second kappa shape index (κ2) is 7.70. The minimum Gasteiger partial charge on any atom is -0.381 e. The molecule has 0 aliphatic carbocycles. The van der Waals surface area contributed by atoms with Crippen molar-refractivity contribution in [2.75, 3.05) is 5.32 Å². The molecule has 0 saturated heterocycles. The topological polar surface area (TPSA) is 24.9 Å². The smallest absolute Gasteiger partial charge is 0.109 e. The molecule has 17 heavy (non-hydrogen) atoms. The molecule has 2 nitrogen and oxygen atoms in total. The first-order valence-electron chi connectivity index (χ1n) is 6.52. The van der Waals surface area contributed by atoms with Gasteiger partial charge in [0.2, 0.25) is 0 Å². The predicted octanol–water partition coefficient (Wildman–Crippen LogP) is 4.92. The zero-order valence-corrected chi connectivity index (χ0v) is 12.7. The van der Waals surface area contributed by atoms with Gasteiger partial charge in [0.25, 0.3) is 0 Å². The summed E-state index contributed by atoms with van der Waals surface area (Å²) in [5.74, 6) is 0. The van der Waals surface area contributed by atoms with Gasteiger partial charge >= 0.3 is 0 Å². The van der Waals surface area contributed by atoms with Gasteiger partial charge in [0.1, 0.15) is 4.60 Å². The van der Waals surface area contributed by atoms with E-state index in [0.717, 1.165) is 10.3 Å². The number of anilines is 1. The number of halogens is 1. The van der Waals surface area contributed by atoms with Crippen molar-refractivity contribution < 1.29 is 0 Å². The van der Waals surface area contributed by atoms with Gasteiger partial charge in [-0.05, 0) is 47.8 Å². The van der Waals surface area contributed by atoms with Crippen LogP contribution in [0.4, 0.5) is 5.69 Å². The third-order valence-corrected chi connectivity index (χ3v) is 3.75. The van der Waals surface area contributed by atoms with E-state index in [1.165, 1.54) is 37.7 Å². The van der Waals surface area contributed by atoms with Crippen molar-refractivity contribution in [1.82, 2.24) is 4.98 Å². The van der Waals surface area contributed by atoms with Crippen molar-refractivity contribution in [2.45, 2.75) is 58.9 Å². The summed E-state index contributed by atoms with van der Waals surface area (Å²) in [5, 5.41) is 3.50. The summed E-state index contributed by atoms with van der Waals surface area (Å²) in [4.78, 5) is 4.30. The van der Waals surface area contributed by atoms with Crippen LogP contribution < -0.4 is 5.32 Å². The Balaban J connectivity index is 2.34. The first-order chi connectivity index (χ1) is 8.13. The van der Waals surface area contributed by atoms with Gasteiger partial charge in [-0.3, -0.25) is 0 Å². The monoisotopic (exact) mass is 298 g/mol. The van der Waals surface area contributed by atoms with E-state index in [4.69, 9.17) is 0 Å². The lowest BCUT2D eigenvalue weighted by Crippen LogP contribution is -2.15. The Morgan fingerprint density at radius 2 is 2.12 bits per heavy atom. The third kappa shape index (κ3) is 5.53. The number of hydrogen-bond donors (Lipinski definition) is 1. The van der Waals surface area contributed by atoms with Gasteiger partial charge in [-0.2, -0.15) is 0 Å². The molecule has 0 aliphatic heterocycles. The van der Waals surface area contributed by atoms with Gasteiger partial charge in [0.15, 0.2) is 0 Å². The Morgan fingerprint density at radius 3 is 2.76 bits per heavy atom. The number of aromatic nitrogens is 1. The fraction of sp³-hybridized carbons (Fsp3) is 0.643. The van der Waals surface area contributed by atoms with Crippen LogP contribution in [-0.2, 0) is 0 Å². The lowest BCUT2D eigenvalue weighted by atomic mass is 10.1. The highest BCUT2D eigenvalue weighted by atomic mass is 79.9. The van der Waals surface area contributed by atoms with E-state index in [9.17, 15) is 0 Å². The molecule has 1 N–H and O–H groups in total. The lowest BCUT2D eigenvalue weighted by Gasteiger charge is -2.15. The van der Waals surface area contributed by atoms with E-state index in [-0.39, 0.29) is 0 Å². The molecule has 96 valence electrons. The van der Waals surface area contributed by atoms with Crippen LogP contribution >= 0.6 is 15.9 Å². The van der Waals surface area contributed by atoms with Gasteiger partial charge in [-0.1, -0.05) is 32.6 Å².